The van der Waals surface area contributed by atoms with Crippen LogP contribution in [0.25, 0.3) is 0 Å². The molecule has 2 bridgehead atoms. The quantitative estimate of drug-likeness (QED) is 0.214. The van der Waals surface area contributed by atoms with Gasteiger partial charge in [-0.2, -0.15) is 10.1 Å². The Bertz CT molecular complexity index is 1580. The molecule has 1 aliphatic heterocycles. The molecule has 1 fully saturated rings. The molecule has 3 aliphatic carbocycles. The van der Waals surface area contributed by atoms with Crippen LogP contribution in [0.15, 0.2) is 96.1 Å². The fourth-order valence-corrected chi connectivity index (χ4v) is 6.74. The predicted octanol–water partition coefficient (Wildman–Crippen LogP) is 6.15. The first-order chi connectivity index (χ1) is 19.6. The molecular formula is C33H25ClN2O4. The lowest BCUT2D eigenvalue weighted by Gasteiger charge is -2.45. The smallest absolute Gasteiger partial charge is 0.254 e. The molecule has 0 unspecified atom stereocenters. The summed E-state index contributed by atoms with van der Waals surface area (Å²) in [6.07, 6.45) is 1.52. The highest BCUT2D eigenvalue weighted by Crippen LogP contribution is 2.60. The number of carbonyl (C=O) groups excluding carboxylic acids is 2. The van der Waals surface area contributed by atoms with Crippen LogP contribution in [0.2, 0.25) is 5.02 Å². The summed E-state index contributed by atoms with van der Waals surface area (Å²) in [5.74, 6) is -0.695. The van der Waals surface area contributed by atoms with E-state index in [1.54, 1.807) is 25.3 Å². The van der Waals surface area contributed by atoms with Crippen LogP contribution in [0.5, 0.6) is 11.5 Å². The van der Waals surface area contributed by atoms with Crippen LogP contribution in [0.3, 0.4) is 0 Å². The van der Waals surface area contributed by atoms with Crippen molar-refractivity contribution in [2.24, 2.45) is 16.9 Å². The number of hydrogen-bond acceptors (Lipinski definition) is 5. The summed E-state index contributed by atoms with van der Waals surface area (Å²) in [4.78, 5) is 27.5. The van der Waals surface area contributed by atoms with Crippen molar-refractivity contribution < 1.29 is 19.1 Å². The molecule has 6 nitrogen and oxygen atoms in total. The lowest BCUT2D eigenvalue weighted by atomic mass is 9.55. The van der Waals surface area contributed by atoms with Crippen LogP contribution in [-0.2, 0) is 16.2 Å². The van der Waals surface area contributed by atoms with Crippen molar-refractivity contribution in [2.45, 2.75) is 18.4 Å². The largest absolute Gasteiger partial charge is 0.493 e. The summed E-state index contributed by atoms with van der Waals surface area (Å²) in [7, 11) is 1.56. The zero-order valence-electron chi connectivity index (χ0n) is 21.7. The second-order valence-corrected chi connectivity index (χ2v) is 10.7. The van der Waals surface area contributed by atoms with Gasteiger partial charge in [0, 0.05) is 22.4 Å². The maximum absolute atomic E-state index is 13.7. The summed E-state index contributed by atoms with van der Waals surface area (Å²) in [5.41, 5.74) is 6.08. The van der Waals surface area contributed by atoms with E-state index in [1.165, 1.54) is 6.21 Å². The number of halogens is 1. The molecule has 0 radical (unpaired) electrons. The van der Waals surface area contributed by atoms with Crippen molar-refractivity contribution in [3.05, 3.63) is 129 Å². The Morgan fingerprint density at radius 2 is 1.32 bits per heavy atom. The Balaban J connectivity index is 1.16. The number of rotatable bonds is 6. The predicted molar refractivity (Wildman–Crippen MR) is 152 cm³/mol. The molecule has 198 valence electrons. The first-order valence-electron chi connectivity index (χ1n) is 13.2. The van der Waals surface area contributed by atoms with Gasteiger partial charge in [0.25, 0.3) is 11.8 Å². The molecular weight excluding hydrogens is 524 g/mol. The lowest BCUT2D eigenvalue weighted by Crippen LogP contribution is -2.41. The Morgan fingerprint density at radius 1 is 0.775 bits per heavy atom. The fourth-order valence-electron chi connectivity index (χ4n) is 6.55. The third-order valence-electron chi connectivity index (χ3n) is 8.28. The molecule has 40 heavy (non-hydrogen) atoms. The first kappa shape index (κ1) is 24.6. The van der Waals surface area contributed by atoms with Gasteiger partial charge >= 0.3 is 0 Å². The van der Waals surface area contributed by atoms with E-state index in [4.69, 9.17) is 21.1 Å². The number of methoxy groups -OCH3 is 1. The SMILES string of the molecule is COc1cc(/C=N\N2C(=O)[C@H]3C4c5ccccc5C(c5ccccc54)[C@@H]3C2=O)ccc1OCc1ccccc1Cl. The van der Waals surface area contributed by atoms with Crippen LogP contribution in [-0.4, -0.2) is 30.1 Å². The van der Waals surface area contributed by atoms with E-state index in [1.807, 2.05) is 48.5 Å². The normalized spacial score (nSPS) is 22.3. The summed E-state index contributed by atoms with van der Waals surface area (Å²) in [5, 5.41) is 6.11. The minimum atomic E-state index is -0.463. The number of imide groups is 1. The van der Waals surface area contributed by atoms with Crippen LogP contribution < -0.4 is 9.47 Å². The number of hydrogen-bond donors (Lipinski definition) is 0. The van der Waals surface area contributed by atoms with Gasteiger partial charge in [-0.25, -0.2) is 0 Å². The van der Waals surface area contributed by atoms with Gasteiger partial charge in [0.05, 0.1) is 25.2 Å². The third kappa shape index (κ3) is 3.74. The first-order valence-corrected chi connectivity index (χ1v) is 13.6. The average molecular weight is 549 g/mol. The number of amides is 2. The Labute approximate surface area is 236 Å². The Hall–Kier alpha value is -4.42. The van der Waals surface area contributed by atoms with Gasteiger partial charge in [-0.05, 0) is 52.1 Å². The minimum absolute atomic E-state index is 0.159. The van der Waals surface area contributed by atoms with Crippen molar-refractivity contribution in [1.82, 2.24) is 5.01 Å². The monoisotopic (exact) mass is 548 g/mol. The standard InChI is InChI=1S/C33H25ClN2O4/c1-39-27-16-19(14-15-26(27)40-18-20-8-2-7-13-25(20)34)17-35-36-32(37)30-28-21-9-3-4-10-22(21)29(31(30)33(36)38)24-12-6-5-11-23(24)28/h2-17,28-31H,18H2,1H3/b35-17-/t28?,29?,30-,31-/m0/s1. The number of carbonyl (C=O) groups is 2. The van der Waals surface area contributed by atoms with E-state index < -0.39 is 11.8 Å². The summed E-state index contributed by atoms with van der Waals surface area (Å²) in [6, 6.07) is 29.2. The number of benzene rings is 4. The molecule has 4 aliphatic rings. The molecule has 0 saturated carbocycles. The highest BCUT2D eigenvalue weighted by Gasteiger charge is 2.61. The number of ether oxygens (including phenoxy) is 2. The average Bonchev–Trinajstić information content (AvgIpc) is 3.25. The van der Waals surface area contributed by atoms with Crippen molar-refractivity contribution in [3.8, 4) is 11.5 Å². The molecule has 7 heteroatoms. The molecule has 0 aromatic heterocycles. The van der Waals surface area contributed by atoms with Gasteiger partial charge < -0.3 is 9.47 Å². The van der Waals surface area contributed by atoms with Gasteiger partial charge in [0.1, 0.15) is 6.61 Å². The Morgan fingerprint density at radius 3 is 1.88 bits per heavy atom. The summed E-state index contributed by atoms with van der Waals surface area (Å²) in [6.45, 7) is 0.288. The summed E-state index contributed by atoms with van der Waals surface area (Å²) >= 11 is 6.25. The highest BCUT2D eigenvalue weighted by molar-refractivity contribution is 6.31. The molecule has 4 aromatic rings. The van der Waals surface area contributed by atoms with Gasteiger partial charge in [0.2, 0.25) is 0 Å². The van der Waals surface area contributed by atoms with E-state index >= 15 is 0 Å². The van der Waals surface area contributed by atoms with E-state index in [9.17, 15) is 9.59 Å². The van der Waals surface area contributed by atoms with Gasteiger partial charge in [-0.1, -0.05) is 78.3 Å². The van der Waals surface area contributed by atoms with Crippen molar-refractivity contribution in [3.63, 3.8) is 0 Å². The van der Waals surface area contributed by atoms with Crippen molar-refractivity contribution in [1.29, 1.82) is 0 Å². The van der Waals surface area contributed by atoms with E-state index in [-0.39, 0.29) is 30.3 Å². The van der Waals surface area contributed by atoms with Gasteiger partial charge in [-0.3, -0.25) is 9.59 Å². The second-order valence-electron chi connectivity index (χ2n) is 10.3. The lowest BCUT2D eigenvalue weighted by molar-refractivity contribution is -0.139. The number of hydrazone groups is 1. The molecule has 2 amide bonds. The van der Waals surface area contributed by atoms with E-state index in [0.29, 0.717) is 22.1 Å². The molecule has 1 heterocycles. The third-order valence-corrected chi connectivity index (χ3v) is 8.64. The van der Waals surface area contributed by atoms with Crippen LogP contribution in [0, 0.1) is 11.8 Å². The molecule has 1 saturated heterocycles. The molecule has 2 atom stereocenters. The van der Waals surface area contributed by atoms with Gasteiger partial charge in [0.15, 0.2) is 11.5 Å². The maximum Gasteiger partial charge on any atom is 0.254 e. The molecule has 8 rings (SSSR count). The Kier molecular flexibility index (Phi) is 5.93. The maximum atomic E-state index is 13.7. The number of nitrogens with zero attached hydrogens (tertiary/aromatic N) is 2. The zero-order chi connectivity index (χ0) is 27.4. The van der Waals surface area contributed by atoms with Crippen LogP contribution in [0.4, 0.5) is 0 Å². The molecule has 0 spiro atoms. The summed E-state index contributed by atoms with van der Waals surface area (Å²) < 4.78 is 11.5. The van der Waals surface area contributed by atoms with Crippen molar-refractivity contribution in [2.75, 3.05) is 7.11 Å². The minimum Gasteiger partial charge on any atom is -0.493 e. The second kappa shape index (κ2) is 9.65. The van der Waals surface area contributed by atoms with Gasteiger partial charge in [-0.15, -0.1) is 0 Å². The van der Waals surface area contributed by atoms with Crippen LogP contribution in [0.1, 0.15) is 45.2 Å². The fraction of sp³-hybridized carbons (Fsp3) is 0.182. The topological polar surface area (TPSA) is 68.2 Å². The molecule has 0 N–H and O–H groups in total. The zero-order valence-corrected chi connectivity index (χ0v) is 22.4. The van der Waals surface area contributed by atoms with E-state index in [2.05, 4.69) is 29.4 Å². The van der Waals surface area contributed by atoms with Crippen LogP contribution >= 0.6 is 11.6 Å². The molecule has 4 aromatic carbocycles. The van der Waals surface area contributed by atoms with Crippen molar-refractivity contribution >= 4 is 29.6 Å². The highest BCUT2D eigenvalue weighted by atomic mass is 35.5. The van der Waals surface area contributed by atoms with E-state index in [0.717, 1.165) is 32.8 Å².